The van der Waals surface area contributed by atoms with Gasteiger partial charge in [-0.15, -0.1) is 0 Å². The molecule has 3 aromatic carbocycles. The monoisotopic (exact) mass is 459 g/mol. The van der Waals surface area contributed by atoms with Gasteiger partial charge < -0.3 is 14.2 Å². The lowest BCUT2D eigenvalue weighted by atomic mass is 10.1. The highest BCUT2D eigenvalue weighted by Gasteiger charge is 2.35. The van der Waals surface area contributed by atoms with E-state index in [1.54, 1.807) is 4.90 Å². The summed E-state index contributed by atoms with van der Waals surface area (Å²) in [5.41, 5.74) is 4.04. The van der Waals surface area contributed by atoms with Crippen molar-refractivity contribution in [2.45, 2.75) is 32.2 Å². The molecule has 168 valence electrons. The van der Waals surface area contributed by atoms with Gasteiger partial charge in [-0.1, -0.05) is 54.9 Å². The maximum atomic E-state index is 12.9. The van der Waals surface area contributed by atoms with Gasteiger partial charge in [-0.25, -0.2) is 4.98 Å². The van der Waals surface area contributed by atoms with E-state index in [-0.39, 0.29) is 11.8 Å². The number of aryl methyl sites for hydroxylation is 1. The van der Waals surface area contributed by atoms with E-state index in [0.717, 1.165) is 34.7 Å². The van der Waals surface area contributed by atoms with Crippen molar-refractivity contribution >= 4 is 34.2 Å². The predicted molar refractivity (Wildman–Crippen MR) is 132 cm³/mol. The minimum Gasteiger partial charge on any atom is -0.492 e. The Bertz CT molecular complexity index is 1280. The second-order valence-corrected chi connectivity index (χ2v) is 8.72. The third-order valence-corrected chi connectivity index (χ3v) is 6.55. The van der Waals surface area contributed by atoms with Crippen LogP contribution >= 0.6 is 11.6 Å². The molecule has 1 aliphatic rings. The van der Waals surface area contributed by atoms with Gasteiger partial charge in [0.25, 0.3) is 0 Å². The average molecular weight is 460 g/mol. The number of hydrogen-bond donors (Lipinski definition) is 0. The maximum Gasteiger partial charge on any atom is 0.227 e. The molecule has 1 aromatic heterocycles. The van der Waals surface area contributed by atoms with Crippen LogP contribution in [-0.4, -0.2) is 28.6 Å². The summed E-state index contributed by atoms with van der Waals surface area (Å²) in [5.74, 6) is 1.84. The van der Waals surface area contributed by atoms with Crippen LogP contribution in [0.5, 0.6) is 5.75 Å². The minimum atomic E-state index is -0.00925. The molecule has 1 amide bonds. The number of imidazole rings is 1. The summed E-state index contributed by atoms with van der Waals surface area (Å²) < 4.78 is 8.23. The van der Waals surface area contributed by atoms with Crippen molar-refractivity contribution in [1.82, 2.24) is 9.55 Å². The van der Waals surface area contributed by atoms with Gasteiger partial charge >= 0.3 is 0 Å². The number of benzene rings is 3. The average Bonchev–Trinajstić information content (AvgIpc) is 3.40. The summed E-state index contributed by atoms with van der Waals surface area (Å²) in [7, 11) is 0. The van der Waals surface area contributed by atoms with Crippen LogP contribution in [0.4, 0.5) is 5.69 Å². The topological polar surface area (TPSA) is 47.4 Å². The molecule has 0 aliphatic carbocycles. The fourth-order valence-corrected chi connectivity index (χ4v) is 4.74. The summed E-state index contributed by atoms with van der Waals surface area (Å²) >= 11 is 6.37. The van der Waals surface area contributed by atoms with Crippen molar-refractivity contribution in [1.29, 1.82) is 0 Å². The van der Waals surface area contributed by atoms with Crippen LogP contribution in [-0.2, 0) is 17.8 Å². The van der Waals surface area contributed by atoms with Gasteiger partial charge in [0, 0.05) is 18.9 Å². The molecule has 0 bridgehead atoms. The molecular formula is C27H26ClN3O2. The first-order valence-corrected chi connectivity index (χ1v) is 11.7. The smallest absolute Gasteiger partial charge is 0.227 e. The zero-order valence-electron chi connectivity index (χ0n) is 18.6. The Hall–Kier alpha value is -3.31. The number of amides is 1. The molecule has 0 radical (unpaired) electrons. The van der Waals surface area contributed by atoms with Crippen LogP contribution in [0.15, 0.2) is 72.8 Å². The van der Waals surface area contributed by atoms with Gasteiger partial charge in [0.15, 0.2) is 0 Å². The Labute approximate surface area is 198 Å². The molecule has 0 spiro atoms. The predicted octanol–water partition coefficient (Wildman–Crippen LogP) is 5.85. The lowest BCUT2D eigenvalue weighted by Crippen LogP contribution is -2.25. The van der Waals surface area contributed by atoms with E-state index >= 15 is 0 Å². The normalized spacial score (nSPS) is 16.0. The highest BCUT2D eigenvalue weighted by molar-refractivity contribution is 6.33. The lowest BCUT2D eigenvalue weighted by molar-refractivity contribution is -0.117. The Morgan fingerprint density at radius 3 is 2.58 bits per heavy atom. The molecule has 6 heteroatoms. The number of rotatable bonds is 7. The van der Waals surface area contributed by atoms with Crippen molar-refractivity contribution in [3.8, 4) is 5.75 Å². The standard InChI is InChI=1S/C27H26ClN3O2/c1-2-19-11-13-21(14-12-19)33-16-15-30-25-10-6-4-8-23(25)29-27(30)20-17-26(32)31(18-20)24-9-5-3-7-22(24)28/h3-14,20H,2,15-18H2,1H3/t20-/m0/s1. The minimum absolute atomic E-state index is 0.00925. The largest absolute Gasteiger partial charge is 0.492 e. The van der Waals surface area contributed by atoms with E-state index in [1.165, 1.54) is 5.56 Å². The number of anilines is 1. The molecule has 1 fully saturated rings. The molecule has 2 heterocycles. The third kappa shape index (κ3) is 4.33. The van der Waals surface area contributed by atoms with Crippen molar-refractivity contribution in [3.63, 3.8) is 0 Å². The Kier molecular flexibility index (Phi) is 6.05. The van der Waals surface area contributed by atoms with E-state index in [9.17, 15) is 4.79 Å². The summed E-state index contributed by atoms with van der Waals surface area (Å²) in [6.07, 6.45) is 1.42. The Morgan fingerprint density at radius 1 is 1.03 bits per heavy atom. The quantitative estimate of drug-likeness (QED) is 0.348. The number of aromatic nitrogens is 2. The van der Waals surface area contributed by atoms with Crippen LogP contribution in [0.25, 0.3) is 11.0 Å². The second kappa shape index (κ2) is 9.28. The highest BCUT2D eigenvalue weighted by Crippen LogP contribution is 2.36. The molecule has 33 heavy (non-hydrogen) atoms. The summed E-state index contributed by atoms with van der Waals surface area (Å²) in [6, 6.07) is 23.8. The van der Waals surface area contributed by atoms with Crippen LogP contribution < -0.4 is 9.64 Å². The number of carbonyl (C=O) groups is 1. The molecule has 0 unspecified atom stereocenters. The fourth-order valence-electron chi connectivity index (χ4n) is 4.50. The van der Waals surface area contributed by atoms with Gasteiger partial charge in [-0.05, 0) is 48.4 Å². The maximum absolute atomic E-state index is 12.9. The molecule has 1 saturated heterocycles. The van der Waals surface area contributed by atoms with Crippen LogP contribution in [0.3, 0.4) is 0 Å². The fraction of sp³-hybridized carbons (Fsp3) is 0.259. The highest BCUT2D eigenvalue weighted by atomic mass is 35.5. The number of carbonyl (C=O) groups excluding carboxylic acids is 1. The zero-order chi connectivity index (χ0) is 22.8. The molecular weight excluding hydrogens is 434 g/mol. The van der Waals surface area contributed by atoms with Crippen molar-refractivity contribution in [2.24, 2.45) is 0 Å². The molecule has 0 N–H and O–H groups in total. The Morgan fingerprint density at radius 2 is 1.79 bits per heavy atom. The number of nitrogens with zero attached hydrogens (tertiary/aromatic N) is 3. The van der Waals surface area contributed by atoms with E-state index < -0.39 is 0 Å². The zero-order valence-corrected chi connectivity index (χ0v) is 19.3. The van der Waals surface area contributed by atoms with E-state index in [2.05, 4.69) is 29.7 Å². The molecule has 0 saturated carbocycles. The SMILES string of the molecule is CCc1ccc(OCCn2c([C@H]3CC(=O)N(c4ccccc4Cl)C3)nc3ccccc32)cc1. The van der Waals surface area contributed by atoms with Crippen molar-refractivity contribution in [2.75, 3.05) is 18.1 Å². The number of para-hydroxylation sites is 3. The number of fused-ring (bicyclic) bond motifs is 1. The molecule has 5 rings (SSSR count). The molecule has 5 nitrogen and oxygen atoms in total. The van der Waals surface area contributed by atoms with Crippen LogP contribution in [0.2, 0.25) is 5.02 Å². The van der Waals surface area contributed by atoms with Crippen molar-refractivity contribution < 1.29 is 9.53 Å². The van der Waals surface area contributed by atoms with Gasteiger partial charge in [0.1, 0.15) is 18.2 Å². The van der Waals surface area contributed by atoms with Crippen molar-refractivity contribution in [3.05, 3.63) is 89.2 Å². The summed E-state index contributed by atoms with van der Waals surface area (Å²) in [4.78, 5) is 19.6. The lowest BCUT2D eigenvalue weighted by Gasteiger charge is -2.18. The molecule has 4 aromatic rings. The van der Waals surface area contributed by atoms with Gasteiger partial charge in [0.2, 0.25) is 5.91 Å². The Balaban J connectivity index is 1.38. The molecule has 1 atom stereocenters. The van der Waals surface area contributed by atoms with E-state index in [4.69, 9.17) is 21.3 Å². The van der Waals surface area contributed by atoms with Crippen LogP contribution in [0.1, 0.15) is 30.7 Å². The van der Waals surface area contributed by atoms with Gasteiger partial charge in [-0.3, -0.25) is 4.79 Å². The summed E-state index contributed by atoms with van der Waals surface area (Å²) in [6.45, 7) is 3.88. The van der Waals surface area contributed by atoms with Gasteiger partial charge in [-0.2, -0.15) is 0 Å². The molecule has 1 aliphatic heterocycles. The first-order valence-electron chi connectivity index (χ1n) is 11.4. The number of halogens is 1. The van der Waals surface area contributed by atoms with Crippen LogP contribution in [0, 0.1) is 0 Å². The third-order valence-electron chi connectivity index (χ3n) is 6.23. The second-order valence-electron chi connectivity index (χ2n) is 8.31. The first-order chi connectivity index (χ1) is 16.1. The van der Waals surface area contributed by atoms with E-state index in [1.807, 2.05) is 54.6 Å². The first kappa shape index (κ1) is 21.5. The van der Waals surface area contributed by atoms with E-state index in [0.29, 0.717) is 31.1 Å². The number of ether oxygens (including phenoxy) is 1. The summed E-state index contributed by atoms with van der Waals surface area (Å²) in [5, 5.41) is 0.586. The number of hydrogen-bond acceptors (Lipinski definition) is 3. The van der Waals surface area contributed by atoms with Gasteiger partial charge in [0.05, 0.1) is 28.3 Å².